The lowest BCUT2D eigenvalue weighted by molar-refractivity contribution is -0.0149. The van der Waals surface area contributed by atoms with Gasteiger partial charge in [0.2, 0.25) is 0 Å². The number of ether oxygens (including phenoxy) is 2. The van der Waals surface area contributed by atoms with Gasteiger partial charge < -0.3 is 9.47 Å². The van der Waals surface area contributed by atoms with Crippen LogP contribution in [0.1, 0.15) is 36.0 Å². The van der Waals surface area contributed by atoms with Gasteiger partial charge in [0.1, 0.15) is 0 Å². The molecule has 5 heteroatoms. The van der Waals surface area contributed by atoms with Crippen molar-refractivity contribution in [2.75, 3.05) is 7.11 Å². The molecule has 2 aliphatic rings. The van der Waals surface area contributed by atoms with E-state index in [0.717, 1.165) is 25.7 Å². The second-order valence-electron chi connectivity index (χ2n) is 4.95. The van der Waals surface area contributed by atoms with E-state index in [4.69, 9.17) is 9.47 Å². The lowest BCUT2D eigenvalue weighted by Crippen LogP contribution is -2.30. The van der Waals surface area contributed by atoms with Crippen LogP contribution in [0.3, 0.4) is 0 Å². The minimum absolute atomic E-state index is 0.0632. The number of hydrogen-bond acceptors (Lipinski definition) is 5. The first-order valence-corrected chi connectivity index (χ1v) is 6.32. The quantitative estimate of drug-likeness (QED) is 0.761. The van der Waals surface area contributed by atoms with Crippen LogP contribution in [0.2, 0.25) is 0 Å². The molecule has 2 aliphatic heterocycles. The second-order valence-corrected chi connectivity index (χ2v) is 4.95. The third kappa shape index (κ3) is 2.10. The summed E-state index contributed by atoms with van der Waals surface area (Å²) in [4.78, 5) is 20.3. The molecule has 0 aromatic carbocycles. The van der Waals surface area contributed by atoms with Gasteiger partial charge in [-0.05, 0) is 25.7 Å². The standard InChI is InChI=1S/C13H16N2O3/c1-17-13-14-6-9(7-15-13)12(16)8-4-10-2-3-11(5-8)18-10/h6-8,10-11H,2-5H2,1H3. The van der Waals surface area contributed by atoms with E-state index in [1.807, 2.05) is 0 Å². The molecule has 2 bridgehead atoms. The van der Waals surface area contributed by atoms with Crippen molar-refractivity contribution in [3.8, 4) is 6.01 Å². The van der Waals surface area contributed by atoms with Crippen molar-refractivity contribution in [1.82, 2.24) is 9.97 Å². The number of nitrogens with zero attached hydrogens (tertiary/aromatic N) is 2. The lowest BCUT2D eigenvalue weighted by Gasteiger charge is -2.27. The van der Waals surface area contributed by atoms with E-state index < -0.39 is 0 Å². The maximum absolute atomic E-state index is 12.3. The van der Waals surface area contributed by atoms with Crippen LogP contribution in [0.25, 0.3) is 0 Å². The zero-order chi connectivity index (χ0) is 12.5. The average molecular weight is 248 g/mol. The molecule has 18 heavy (non-hydrogen) atoms. The SMILES string of the molecule is COc1ncc(C(=O)C2CC3CCC(C2)O3)cn1. The maximum Gasteiger partial charge on any atom is 0.316 e. The van der Waals surface area contributed by atoms with Crippen molar-refractivity contribution in [3.63, 3.8) is 0 Å². The van der Waals surface area contributed by atoms with Crippen LogP contribution in [0.5, 0.6) is 6.01 Å². The van der Waals surface area contributed by atoms with Gasteiger partial charge in [0.15, 0.2) is 5.78 Å². The Balaban J connectivity index is 1.73. The molecule has 0 spiro atoms. The first kappa shape index (κ1) is 11.6. The van der Waals surface area contributed by atoms with Gasteiger partial charge in [-0.3, -0.25) is 4.79 Å². The second kappa shape index (κ2) is 4.65. The summed E-state index contributed by atoms with van der Waals surface area (Å²) in [6.07, 6.45) is 7.50. The summed E-state index contributed by atoms with van der Waals surface area (Å²) in [5.74, 6) is 0.200. The summed E-state index contributed by atoms with van der Waals surface area (Å²) in [5.41, 5.74) is 0.571. The van der Waals surface area contributed by atoms with Gasteiger partial charge in [-0.1, -0.05) is 0 Å². The van der Waals surface area contributed by atoms with Crippen LogP contribution >= 0.6 is 0 Å². The Morgan fingerprint density at radius 2 is 1.89 bits per heavy atom. The Morgan fingerprint density at radius 1 is 1.28 bits per heavy atom. The summed E-state index contributed by atoms with van der Waals surface area (Å²) in [6.45, 7) is 0. The fraction of sp³-hybridized carbons (Fsp3) is 0.615. The summed E-state index contributed by atoms with van der Waals surface area (Å²) in [6, 6.07) is 0.290. The molecule has 0 radical (unpaired) electrons. The Hall–Kier alpha value is -1.49. The molecule has 3 rings (SSSR count). The van der Waals surface area contributed by atoms with E-state index in [1.54, 1.807) is 12.4 Å². The zero-order valence-electron chi connectivity index (χ0n) is 10.3. The van der Waals surface area contributed by atoms with Crippen LogP contribution < -0.4 is 4.74 Å². The highest BCUT2D eigenvalue weighted by molar-refractivity contribution is 5.97. The predicted molar refractivity (Wildman–Crippen MR) is 63.5 cm³/mol. The van der Waals surface area contributed by atoms with Crippen molar-refractivity contribution in [2.45, 2.75) is 37.9 Å². The number of aromatic nitrogens is 2. The maximum atomic E-state index is 12.3. The highest BCUT2D eigenvalue weighted by Crippen LogP contribution is 2.37. The Labute approximate surface area is 106 Å². The number of hydrogen-bond donors (Lipinski definition) is 0. The van der Waals surface area contributed by atoms with Crippen LogP contribution in [0.15, 0.2) is 12.4 Å². The molecule has 96 valence electrons. The first-order chi connectivity index (χ1) is 8.76. The van der Waals surface area contributed by atoms with Crippen molar-refractivity contribution >= 4 is 5.78 Å². The minimum Gasteiger partial charge on any atom is -0.467 e. The molecule has 2 saturated heterocycles. The number of Topliss-reactive ketones (excluding diaryl/α,β-unsaturated/α-hetero) is 1. The van der Waals surface area contributed by atoms with E-state index in [1.165, 1.54) is 7.11 Å². The molecular formula is C13H16N2O3. The van der Waals surface area contributed by atoms with Gasteiger partial charge in [0, 0.05) is 18.3 Å². The number of ketones is 1. The average Bonchev–Trinajstić information content (AvgIpc) is 2.77. The number of methoxy groups -OCH3 is 1. The minimum atomic E-state index is 0.0632. The Bertz CT molecular complexity index is 434. The van der Waals surface area contributed by atoms with Gasteiger partial charge in [-0.2, -0.15) is 0 Å². The molecule has 0 N–H and O–H groups in total. The van der Waals surface area contributed by atoms with Gasteiger partial charge >= 0.3 is 6.01 Å². The fourth-order valence-corrected chi connectivity index (χ4v) is 2.86. The van der Waals surface area contributed by atoms with Crippen molar-refractivity contribution in [1.29, 1.82) is 0 Å². The topological polar surface area (TPSA) is 61.3 Å². The van der Waals surface area contributed by atoms with Gasteiger partial charge in [0.25, 0.3) is 0 Å². The molecule has 2 fully saturated rings. The van der Waals surface area contributed by atoms with E-state index in [0.29, 0.717) is 11.6 Å². The van der Waals surface area contributed by atoms with E-state index >= 15 is 0 Å². The molecule has 1 aromatic heterocycles. The van der Waals surface area contributed by atoms with Crippen molar-refractivity contribution in [3.05, 3.63) is 18.0 Å². The Kier molecular flexibility index (Phi) is 2.99. The first-order valence-electron chi connectivity index (χ1n) is 6.32. The van der Waals surface area contributed by atoms with Crippen LogP contribution in [-0.2, 0) is 4.74 Å². The van der Waals surface area contributed by atoms with Crippen LogP contribution in [0.4, 0.5) is 0 Å². The molecule has 5 nitrogen and oxygen atoms in total. The molecule has 2 atom stereocenters. The summed E-state index contributed by atoms with van der Waals surface area (Å²) in [7, 11) is 1.51. The molecule has 2 unspecified atom stereocenters. The van der Waals surface area contributed by atoms with Crippen LogP contribution in [0, 0.1) is 5.92 Å². The molecule has 0 aliphatic carbocycles. The number of fused-ring (bicyclic) bond motifs is 2. The largest absolute Gasteiger partial charge is 0.467 e. The predicted octanol–water partition coefficient (Wildman–Crippen LogP) is 1.63. The van der Waals surface area contributed by atoms with Crippen LogP contribution in [-0.4, -0.2) is 35.1 Å². The van der Waals surface area contributed by atoms with Crippen molar-refractivity contribution in [2.24, 2.45) is 5.92 Å². The number of carbonyl (C=O) groups excluding carboxylic acids is 1. The highest BCUT2D eigenvalue weighted by Gasteiger charge is 2.38. The summed E-state index contributed by atoms with van der Waals surface area (Å²) in [5, 5.41) is 0. The number of carbonyl (C=O) groups is 1. The fourth-order valence-electron chi connectivity index (χ4n) is 2.86. The lowest BCUT2D eigenvalue weighted by atomic mass is 9.89. The van der Waals surface area contributed by atoms with Gasteiger partial charge in [0.05, 0.1) is 24.9 Å². The smallest absolute Gasteiger partial charge is 0.316 e. The van der Waals surface area contributed by atoms with Gasteiger partial charge in [-0.15, -0.1) is 0 Å². The van der Waals surface area contributed by atoms with Gasteiger partial charge in [-0.25, -0.2) is 9.97 Å². The summed E-state index contributed by atoms with van der Waals surface area (Å²) < 4.78 is 10.6. The normalized spacial score (nSPS) is 30.2. The van der Waals surface area contributed by atoms with E-state index in [2.05, 4.69) is 9.97 Å². The monoisotopic (exact) mass is 248 g/mol. The third-order valence-electron chi connectivity index (χ3n) is 3.76. The molecular weight excluding hydrogens is 232 g/mol. The highest BCUT2D eigenvalue weighted by atomic mass is 16.5. The molecule has 0 saturated carbocycles. The van der Waals surface area contributed by atoms with E-state index in [-0.39, 0.29) is 23.9 Å². The summed E-state index contributed by atoms with van der Waals surface area (Å²) >= 11 is 0. The third-order valence-corrected chi connectivity index (χ3v) is 3.76. The van der Waals surface area contributed by atoms with E-state index in [9.17, 15) is 4.79 Å². The molecule has 3 heterocycles. The molecule has 1 aromatic rings. The van der Waals surface area contributed by atoms with Crippen molar-refractivity contribution < 1.29 is 14.3 Å². The zero-order valence-corrected chi connectivity index (χ0v) is 10.3. The molecule has 0 amide bonds. The number of rotatable bonds is 3. The Morgan fingerprint density at radius 3 is 2.44 bits per heavy atom.